The number of carbonyl (C=O) groups excluding carboxylic acids is 1. The van der Waals surface area contributed by atoms with Crippen LogP contribution < -0.4 is 10.6 Å². The summed E-state index contributed by atoms with van der Waals surface area (Å²) >= 11 is 0. The summed E-state index contributed by atoms with van der Waals surface area (Å²) in [5, 5.41) is 0. The molecule has 1 fully saturated rings. The SMILES string of the molecule is Cc1cc(N)ccc1-c1ccc(/C=C/C(=O)N2CCN(c3ccc(F)cc3)CC2)o1. The van der Waals surface area contributed by atoms with E-state index in [1.807, 2.05) is 42.2 Å². The summed E-state index contributed by atoms with van der Waals surface area (Å²) in [6.45, 7) is 4.65. The van der Waals surface area contributed by atoms with Gasteiger partial charge in [0.25, 0.3) is 0 Å². The zero-order valence-corrected chi connectivity index (χ0v) is 16.8. The number of nitrogen functional groups attached to an aromatic ring is 1. The molecule has 2 aromatic carbocycles. The quantitative estimate of drug-likeness (QED) is 0.518. The Hall–Kier alpha value is -3.54. The maximum absolute atomic E-state index is 13.1. The first-order valence-electron chi connectivity index (χ1n) is 9.93. The van der Waals surface area contributed by atoms with Gasteiger partial charge in [-0.1, -0.05) is 0 Å². The largest absolute Gasteiger partial charge is 0.457 e. The van der Waals surface area contributed by atoms with Crippen LogP contribution in [-0.2, 0) is 4.79 Å². The molecule has 2 heterocycles. The highest BCUT2D eigenvalue weighted by atomic mass is 19.1. The van der Waals surface area contributed by atoms with Crippen molar-refractivity contribution in [2.24, 2.45) is 0 Å². The van der Waals surface area contributed by atoms with Crippen molar-refractivity contribution < 1.29 is 13.6 Å². The number of halogens is 1. The van der Waals surface area contributed by atoms with Crippen LogP contribution in [0.5, 0.6) is 0 Å². The first-order chi connectivity index (χ1) is 14.5. The Bertz CT molecular complexity index is 1060. The molecule has 3 aromatic rings. The van der Waals surface area contributed by atoms with E-state index >= 15 is 0 Å². The number of carbonyl (C=O) groups is 1. The lowest BCUT2D eigenvalue weighted by Crippen LogP contribution is -2.48. The number of aryl methyl sites for hydroxylation is 1. The van der Waals surface area contributed by atoms with Gasteiger partial charge < -0.3 is 20.0 Å². The molecule has 0 spiro atoms. The van der Waals surface area contributed by atoms with Crippen LogP contribution in [0.3, 0.4) is 0 Å². The van der Waals surface area contributed by atoms with Gasteiger partial charge in [0, 0.05) is 49.2 Å². The summed E-state index contributed by atoms with van der Waals surface area (Å²) in [5.41, 5.74) is 9.51. The van der Waals surface area contributed by atoms with Crippen molar-refractivity contribution in [2.75, 3.05) is 36.8 Å². The number of anilines is 2. The summed E-state index contributed by atoms with van der Waals surface area (Å²) in [6.07, 6.45) is 3.25. The fraction of sp³-hybridized carbons (Fsp3) is 0.208. The molecule has 1 aliphatic rings. The lowest BCUT2D eigenvalue weighted by atomic mass is 10.1. The van der Waals surface area contributed by atoms with E-state index in [0.717, 1.165) is 22.6 Å². The van der Waals surface area contributed by atoms with Gasteiger partial charge in [-0.2, -0.15) is 0 Å². The molecule has 0 unspecified atom stereocenters. The number of nitrogens with two attached hydrogens (primary N) is 1. The Morgan fingerprint density at radius 1 is 1.03 bits per heavy atom. The third kappa shape index (κ3) is 4.38. The average molecular weight is 405 g/mol. The van der Waals surface area contributed by atoms with Gasteiger partial charge in [0.1, 0.15) is 17.3 Å². The molecule has 1 aliphatic heterocycles. The fourth-order valence-corrected chi connectivity index (χ4v) is 3.65. The maximum Gasteiger partial charge on any atom is 0.246 e. The molecule has 2 N–H and O–H groups in total. The Kier molecular flexibility index (Phi) is 5.57. The minimum atomic E-state index is -0.245. The van der Waals surface area contributed by atoms with Crippen LogP contribution in [0.2, 0.25) is 0 Å². The molecule has 0 aliphatic carbocycles. The zero-order chi connectivity index (χ0) is 21.1. The minimum absolute atomic E-state index is 0.0460. The van der Waals surface area contributed by atoms with E-state index in [-0.39, 0.29) is 11.7 Å². The molecule has 0 saturated carbocycles. The van der Waals surface area contributed by atoms with Crippen LogP contribution >= 0.6 is 0 Å². The summed E-state index contributed by atoms with van der Waals surface area (Å²) in [6, 6.07) is 15.9. The third-order valence-electron chi connectivity index (χ3n) is 5.32. The molecule has 0 atom stereocenters. The highest BCUT2D eigenvalue weighted by Crippen LogP contribution is 2.27. The van der Waals surface area contributed by atoms with E-state index in [0.29, 0.717) is 37.6 Å². The molecule has 4 rings (SSSR count). The molecule has 5 nitrogen and oxygen atoms in total. The van der Waals surface area contributed by atoms with Crippen molar-refractivity contribution in [2.45, 2.75) is 6.92 Å². The van der Waals surface area contributed by atoms with E-state index in [1.54, 1.807) is 24.3 Å². The van der Waals surface area contributed by atoms with Gasteiger partial charge in [0.05, 0.1) is 0 Å². The van der Waals surface area contributed by atoms with Crippen molar-refractivity contribution in [1.29, 1.82) is 0 Å². The minimum Gasteiger partial charge on any atom is -0.457 e. The fourth-order valence-electron chi connectivity index (χ4n) is 3.65. The number of hydrogen-bond donors (Lipinski definition) is 1. The molecule has 1 amide bonds. The number of hydrogen-bond acceptors (Lipinski definition) is 4. The number of rotatable bonds is 4. The average Bonchev–Trinajstić information content (AvgIpc) is 3.21. The summed E-state index contributed by atoms with van der Waals surface area (Å²) < 4.78 is 19.0. The van der Waals surface area contributed by atoms with Crippen molar-refractivity contribution in [3.8, 4) is 11.3 Å². The number of furan rings is 1. The molecular formula is C24H24FN3O2. The lowest BCUT2D eigenvalue weighted by Gasteiger charge is -2.35. The van der Waals surface area contributed by atoms with Crippen molar-refractivity contribution in [3.63, 3.8) is 0 Å². The standard InChI is InChI=1S/C24H24FN3O2/c1-17-16-19(26)4-9-22(17)23-10-7-21(30-23)8-11-24(29)28-14-12-27(13-15-28)20-5-2-18(25)3-6-20/h2-11,16H,12-15,26H2,1H3/b11-8+. The predicted octanol–water partition coefficient (Wildman–Crippen LogP) is 4.34. The van der Waals surface area contributed by atoms with Crippen LogP contribution in [-0.4, -0.2) is 37.0 Å². The second-order valence-electron chi connectivity index (χ2n) is 7.40. The van der Waals surface area contributed by atoms with E-state index in [1.165, 1.54) is 12.1 Å². The van der Waals surface area contributed by atoms with E-state index < -0.39 is 0 Å². The number of piperazine rings is 1. The normalized spacial score (nSPS) is 14.5. The molecule has 1 aromatic heterocycles. The highest BCUT2D eigenvalue weighted by molar-refractivity contribution is 5.91. The van der Waals surface area contributed by atoms with Gasteiger partial charge in [-0.3, -0.25) is 4.79 Å². The Morgan fingerprint density at radius 3 is 2.47 bits per heavy atom. The molecule has 6 heteroatoms. The third-order valence-corrected chi connectivity index (χ3v) is 5.32. The predicted molar refractivity (Wildman–Crippen MR) is 118 cm³/mol. The first kappa shape index (κ1) is 19.8. The van der Waals surface area contributed by atoms with Crippen molar-refractivity contribution in [3.05, 3.63) is 77.8 Å². The molecule has 30 heavy (non-hydrogen) atoms. The van der Waals surface area contributed by atoms with Crippen molar-refractivity contribution in [1.82, 2.24) is 4.90 Å². The van der Waals surface area contributed by atoms with Gasteiger partial charge in [-0.05, 0) is 73.2 Å². The number of nitrogens with zero attached hydrogens (tertiary/aromatic N) is 2. The second kappa shape index (κ2) is 8.45. The smallest absolute Gasteiger partial charge is 0.246 e. The lowest BCUT2D eigenvalue weighted by molar-refractivity contribution is -0.126. The Balaban J connectivity index is 1.35. The highest BCUT2D eigenvalue weighted by Gasteiger charge is 2.20. The second-order valence-corrected chi connectivity index (χ2v) is 7.40. The van der Waals surface area contributed by atoms with Crippen LogP contribution in [0.25, 0.3) is 17.4 Å². The Labute approximate surface area is 175 Å². The first-order valence-corrected chi connectivity index (χ1v) is 9.93. The van der Waals surface area contributed by atoms with Gasteiger partial charge in [-0.25, -0.2) is 4.39 Å². The topological polar surface area (TPSA) is 62.7 Å². The summed E-state index contributed by atoms with van der Waals surface area (Å²) in [5.74, 6) is 1.08. The number of amides is 1. The molecule has 0 radical (unpaired) electrons. The molecule has 1 saturated heterocycles. The van der Waals surface area contributed by atoms with Crippen LogP contribution in [0, 0.1) is 12.7 Å². The van der Waals surface area contributed by atoms with E-state index in [9.17, 15) is 9.18 Å². The van der Waals surface area contributed by atoms with E-state index in [4.69, 9.17) is 10.2 Å². The van der Waals surface area contributed by atoms with E-state index in [2.05, 4.69) is 4.90 Å². The maximum atomic E-state index is 13.1. The van der Waals surface area contributed by atoms with Gasteiger partial charge in [-0.15, -0.1) is 0 Å². The zero-order valence-electron chi connectivity index (χ0n) is 16.8. The van der Waals surface area contributed by atoms with Gasteiger partial charge in [0.15, 0.2) is 0 Å². The molecule has 0 bridgehead atoms. The molecular weight excluding hydrogens is 381 g/mol. The van der Waals surface area contributed by atoms with Crippen LogP contribution in [0.4, 0.5) is 15.8 Å². The van der Waals surface area contributed by atoms with Crippen LogP contribution in [0.15, 0.2) is 65.1 Å². The van der Waals surface area contributed by atoms with Gasteiger partial charge in [0.2, 0.25) is 5.91 Å². The van der Waals surface area contributed by atoms with Gasteiger partial charge >= 0.3 is 0 Å². The molecule has 154 valence electrons. The monoisotopic (exact) mass is 405 g/mol. The Morgan fingerprint density at radius 2 is 1.77 bits per heavy atom. The van der Waals surface area contributed by atoms with Crippen LogP contribution in [0.1, 0.15) is 11.3 Å². The summed E-state index contributed by atoms with van der Waals surface area (Å²) in [4.78, 5) is 16.5. The number of benzene rings is 2. The van der Waals surface area contributed by atoms with Crippen molar-refractivity contribution >= 4 is 23.4 Å². The summed E-state index contributed by atoms with van der Waals surface area (Å²) in [7, 11) is 0.